The van der Waals surface area contributed by atoms with E-state index in [-0.39, 0.29) is 11.8 Å². The van der Waals surface area contributed by atoms with Crippen molar-refractivity contribution in [1.82, 2.24) is 5.32 Å². The second kappa shape index (κ2) is 6.45. The number of urea groups is 1. The number of hydrogen-bond donors (Lipinski definition) is 3. The van der Waals surface area contributed by atoms with Crippen molar-refractivity contribution < 1.29 is 14.3 Å². The van der Waals surface area contributed by atoms with Crippen LogP contribution in [0.25, 0.3) is 0 Å². The highest BCUT2D eigenvalue weighted by atomic mass is 32.2. The third-order valence-electron chi connectivity index (χ3n) is 3.44. The lowest BCUT2D eigenvalue weighted by molar-refractivity contribution is -0.0206. The van der Waals surface area contributed by atoms with Gasteiger partial charge in [0.1, 0.15) is 5.82 Å². The number of anilines is 1. The summed E-state index contributed by atoms with van der Waals surface area (Å²) in [6.45, 7) is 2.26. The Kier molecular flexibility index (Phi) is 4.88. The zero-order valence-corrected chi connectivity index (χ0v) is 12.2. The first kappa shape index (κ1) is 15.1. The van der Waals surface area contributed by atoms with E-state index in [2.05, 4.69) is 10.6 Å². The summed E-state index contributed by atoms with van der Waals surface area (Å²) in [5.74, 6) is 0.544. The van der Waals surface area contributed by atoms with Gasteiger partial charge in [0.2, 0.25) is 0 Å². The normalized spacial score (nSPS) is 24.9. The van der Waals surface area contributed by atoms with Gasteiger partial charge in [0.15, 0.2) is 0 Å². The van der Waals surface area contributed by atoms with Crippen LogP contribution in [0.5, 0.6) is 0 Å². The lowest BCUT2D eigenvalue weighted by Crippen LogP contribution is -2.57. The van der Waals surface area contributed by atoms with Crippen molar-refractivity contribution in [2.24, 2.45) is 0 Å². The Bertz CT molecular complexity index is 486. The smallest absolute Gasteiger partial charge is 0.319 e. The first-order chi connectivity index (χ1) is 9.53. The van der Waals surface area contributed by atoms with E-state index in [1.807, 2.05) is 6.92 Å². The quantitative estimate of drug-likeness (QED) is 0.783. The minimum atomic E-state index is -0.819. The first-order valence-corrected chi connectivity index (χ1v) is 7.73. The van der Waals surface area contributed by atoms with Gasteiger partial charge in [0, 0.05) is 17.5 Å². The molecule has 2 atom stereocenters. The SMILES string of the molecule is CCSC1CCC1(O)CNC(=O)Nc1cccc(F)c1. The van der Waals surface area contributed by atoms with Crippen molar-refractivity contribution >= 4 is 23.5 Å². The Morgan fingerprint density at radius 1 is 1.60 bits per heavy atom. The van der Waals surface area contributed by atoms with Crippen LogP contribution in [-0.4, -0.2) is 34.3 Å². The van der Waals surface area contributed by atoms with Crippen LogP contribution in [0.4, 0.5) is 14.9 Å². The molecule has 0 aromatic heterocycles. The number of aliphatic hydroxyl groups is 1. The van der Waals surface area contributed by atoms with Crippen LogP contribution < -0.4 is 10.6 Å². The van der Waals surface area contributed by atoms with Crippen LogP contribution in [0.2, 0.25) is 0 Å². The Morgan fingerprint density at radius 3 is 3.00 bits per heavy atom. The maximum Gasteiger partial charge on any atom is 0.319 e. The van der Waals surface area contributed by atoms with Crippen molar-refractivity contribution in [2.45, 2.75) is 30.6 Å². The zero-order valence-electron chi connectivity index (χ0n) is 11.4. The number of thioether (sulfide) groups is 1. The van der Waals surface area contributed by atoms with Gasteiger partial charge in [0.05, 0.1) is 5.60 Å². The van der Waals surface area contributed by atoms with Crippen LogP contribution in [-0.2, 0) is 0 Å². The van der Waals surface area contributed by atoms with Crippen molar-refractivity contribution in [3.8, 4) is 0 Å². The summed E-state index contributed by atoms with van der Waals surface area (Å²) in [5, 5.41) is 15.7. The van der Waals surface area contributed by atoms with E-state index in [1.165, 1.54) is 18.2 Å². The van der Waals surface area contributed by atoms with E-state index in [0.29, 0.717) is 12.1 Å². The highest BCUT2D eigenvalue weighted by Crippen LogP contribution is 2.40. The van der Waals surface area contributed by atoms with Crippen LogP contribution in [0.15, 0.2) is 24.3 Å². The number of nitrogens with one attached hydrogen (secondary N) is 2. The molecular formula is C14H19FN2O2S. The van der Waals surface area contributed by atoms with E-state index in [0.717, 1.165) is 12.2 Å². The lowest BCUT2D eigenvalue weighted by Gasteiger charge is -2.44. The van der Waals surface area contributed by atoms with Crippen molar-refractivity contribution in [3.63, 3.8) is 0 Å². The molecule has 1 saturated carbocycles. The maximum absolute atomic E-state index is 13.0. The monoisotopic (exact) mass is 298 g/mol. The molecule has 1 aromatic rings. The summed E-state index contributed by atoms with van der Waals surface area (Å²) in [7, 11) is 0. The van der Waals surface area contributed by atoms with Gasteiger partial charge in [-0.3, -0.25) is 0 Å². The standard InChI is InChI=1S/C14H19FN2O2S/c1-2-20-12-6-7-14(12,19)9-16-13(18)17-11-5-3-4-10(15)8-11/h3-5,8,12,19H,2,6-7,9H2,1H3,(H2,16,17,18). The van der Waals surface area contributed by atoms with Gasteiger partial charge in [-0.2, -0.15) is 11.8 Å². The molecule has 2 rings (SSSR count). The van der Waals surface area contributed by atoms with Crippen LogP contribution in [0.1, 0.15) is 19.8 Å². The van der Waals surface area contributed by atoms with Gasteiger partial charge < -0.3 is 15.7 Å². The molecule has 6 heteroatoms. The first-order valence-electron chi connectivity index (χ1n) is 6.68. The molecule has 2 amide bonds. The predicted octanol–water partition coefficient (Wildman–Crippen LogP) is 2.59. The number of halogens is 1. The van der Waals surface area contributed by atoms with Crippen LogP contribution in [0.3, 0.4) is 0 Å². The van der Waals surface area contributed by atoms with Gasteiger partial charge >= 0.3 is 6.03 Å². The summed E-state index contributed by atoms with van der Waals surface area (Å²) in [5.41, 5.74) is -0.428. The number of benzene rings is 1. The van der Waals surface area contributed by atoms with Crippen molar-refractivity contribution in [1.29, 1.82) is 0 Å². The molecule has 0 spiro atoms. The molecule has 0 saturated heterocycles. The van der Waals surface area contributed by atoms with E-state index < -0.39 is 17.4 Å². The largest absolute Gasteiger partial charge is 0.387 e. The summed E-state index contributed by atoms with van der Waals surface area (Å²) in [6, 6.07) is 5.26. The van der Waals surface area contributed by atoms with E-state index >= 15 is 0 Å². The van der Waals surface area contributed by atoms with Gasteiger partial charge in [-0.25, -0.2) is 9.18 Å². The average molecular weight is 298 g/mol. The topological polar surface area (TPSA) is 61.4 Å². The Hall–Kier alpha value is -1.27. The van der Waals surface area contributed by atoms with Crippen molar-refractivity contribution in [3.05, 3.63) is 30.1 Å². The van der Waals surface area contributed by atoms with E-state index in [4.69, 9.17) is 0 Å². The Morgan fingerprint density at radius 2 is 2.40 bits per heavy atom. The highest BCUT2D eigenvalue weighted by molar-refractivity contribution is 8.00. The second-order valence-corrected chi connectivity index (χ2v) is 6.38. The summed E-state index contributed by atoms with van der Waals surface area (Å²) in [4.78, 5) is 11.7. The molecule has 110 valence electrons. The Balaban J connectivity index is 1.81. The number of carbonyl (C=O) groups is 1. The van der Waals surface area contributed by atoms with Gasteiger partial charge in [-0.1, -0.05) is 13.0 Å². The predicted molar refractivity (Wildman–Crippen MR) is 79.5 cm³/mol. The van der Waals surface area contributed by atoms with Gasteiger partial charge in [-0.05, 0) is 36.8 Å². The summed E-state index contributed by atoms with van der Waals surface area (Å²) >= 11 is 1.71. The molecule has 3 N–H and O–H groups in total. The third kappa shape index (κ3) is 3.64. The van der Waals surface area contributed by atoms with E-state index in [9.17, 15) is 14.3 Å². The molecule has 0 heterocycles. The summed E-state index contributed by atoms with van der Waals surface area (Å²) < 4.78 is 13.0. The molecule has 20 heavy (non-hydrogen) atoms. The molecule has 1 aliphatic carbocycles. The molecule has 1 fully saturated rings. The van der Waals surface area contributed by atoms with Crippen LogP contribution >= 0.6 is 11.8 Å². The number of amides is 2. The summed E-state index contributed by atoms with van der Waals surface area (Å²) in [6.07, 6.45) is 1.67. The van der Waals surface area contributed by atoms with Crippen LogP contribution in [0, 0.1) is 5.82 Å². The molecule has 4 nitrogen and oxygen atoms in total. The minimum absolute atomic E-state index is 0.182. The fourth-order valence-corrected chi connectivity index (χ4v) is 3.41. The van der Waals surface area contributed by atoms with Gasteiger partial charge in [0.25, 0.3) is 0 Å². The fraction of sp³-hybridized carbons (Fsp3) is 0.500. The van der Waals surface area contributed by atoms with Gasteiger partial charge in [-0.15, -0.1) is 0 Å². The molecule has 2 unspecified atom stereocenters. The molecule has 0 aliphatic heterocycles. The molecule has 1 aromatic carbocycles. The minimum Gasteiger partial charge on any atom is -0.387 e. The molecule has 0 radical (unpaired) electrons. The molecule has 1 aliphatic rings. The second-order valence-electron chi connectivity index (χ2n) is 4.90. The van der Waals surface area contributed by atoms with E-state index in [1.54, 1.807) is 17.8 Å². The zero-order chi connectivity index (χ0) is 14.6. The maximum atomic E-state index is 13.0. The molecule has 0 bridgehead atoms. The highest BCUT2D eigenvalue weighted by Gasteiger charge is 2.45. The Labute approximate surface area is 122 Å². The third-order valence-corrected chi connectivity index (χ3v) is 4.85. The number of rotatable bonds is 5. The molecular weight excluding hydrogens is 279 g/mol. The fourth-order valence-electron chi connectivity index (χ4n) is 2.21. The average Bonchev–Trinajstić information content (AvgIpc) is 2.41. The number of hydrogen-bond acceptors (Lipinski definition) is 3. The van der Waals surface area contributed by atoms with Crippen molar-refractivity contribution in [2.75, 3.05) is 17.6 Å². The number of carbonyl (C=O) groups excluding carboxylic acids is 1. The lowest BCUT2D eigenvalue weighted by atomic mass is 9.79.